The molecule has 0 radical (unpaired) electrons. The molecule has 0 saturated heterocycles. The largest absolute Gasteiger partial charge is 0.478 e. The van der Waals surface area contributed by atoms with Gasteiger partial charge in [0, 0.05) is 52.5 Å². The molecule has 0 heterocycles. The second kappa shape index (κ2) is 11.4. The predicted molar refractivity (Wildman–Crippen MR) is 117 cm³/mol. The van der Waals surface area contributed by atoms with Crippen molar-refractivity contribution in [1.29, 1.82) is 0 Å². The number of amides is 2. The zero-order valence-electron chi connectivity index (χ0n) is 19.1. The lowest BCUT2D eigenvalue weighted by Crippen LogP contribution is -2.65. The van der Waals surface area contributed by atoms with Gasteiger partial charge < -0.3 is 40.2 Å². The number of ether oxygens (including phenoxy) is 3. The standard InChI is InChI=1S/C22H32N2O9/c1-12(26)23-14-5-7-15(8-6-14)33-22(21(29)30)9-16(20(32-4)17(28)11-25)19(24-13(2)27)18(10-22)31-3/h5-8,16-20,25,28H,9-11H2,1-4H3,(H,23,26)(H,24,27)(H,29,30)/t16?,17-,18-,19?,20+,22+/m1/s1. The average Bonchev–Trinajstić information content (AvgIpc) is 2.76. The summed E-state index contributed by atoms with van der Waals surface area (Å²) in [6.45, 7) is 2.07. The Kier molecular flexibility index (Phi) is 9.17. The number of aliphatic hydroxyl groups excluding tert-OH is 2. The number of carboxylic acids is 1. The zero-order valence-corrected chi connectivity index (χ0v) is 19.1. The van der Waals surface area contributed by atoms with Crippen molar-refractivity contribution >= 4 is 23.5 Å². The molecule has 0 aliphatic heterocycles. The summed E-state index contributed by atoms with van der Waals surface area (Å²) in [6, 6.07) is 5.52. The van der Waals surface area contributed by atoms with Crippen LogP contribution < -0.4 is 15.4 Å². The minimum Gasteiger partial charge on any atom is -0.478 e. The fourth-order valence-corrected chi connectivity index (χ4v) is 4.36. The van der Waals surface area contributed by atoms with Crippen molar-refractivity contribution in [2.24, 2.45) is 5.92 Å². The summed E-state index contributed by atoms with van der Waals surface area (Å²) in [5, 5.41) is 35.4. The molecule has 184 valence electrons. The van der Waals surface area contributed by atoms with E-state index in [2.05, 4.69) is 10.6 Å². The molecule has 5 N–H and O–H groups in total. The molecule has 11 heteroatoms. The Hall–Kier alpha value is -2.73. The Morgan fingerprint density at radius 3 is 2.21 bits per heavy atom. The van der Waals surface area contributed by atoms with E-state index >= 15 is 0 Å². The van der Waals surface area contributed by atoms with Crippen molar-refractivity contribution in [3.63, 3.8) is 0 Å². The molecule has 1 aromatic rings. The van der Waals surface area contributed by atoms with E-state index in [0.29, 0.717) is 5.69 Å². The first kappa shape index (κ1) is 26.5. The van der Waals surface area contributed by atoms with Crippen LogP contribution in [0.15, 0.2) is 24.3 Å². The molecule has 1 fully saturated rings. The van der Waals surface area contributed by atoms with E-state index in [0.717, 1.165) is 0 Å². The fraction of sp³-hybridized carbons (Fsp3) is 0.591. The maximum absolute atomic E-state index is 12.5. The van der Waals surface area contributed by atoms with Crippen molar-refractivity contribution < 1.29 is 43.9 Å². The van der Waals surface area contributed by atoms with Crippen LogP contribution in [0.2, 0.25) is 0 Å². The van der Waals surface area contributed by atoms with E-state index in [1.54, 1.807) is 12.1 Å². The van der Waals surface area contributed by atoms with E-state index in [4.69, 9.17) is 14.2 Å². The van der Waals surface area contributed by atoms with Crippen molar-refractivity contribution in [2.45, 2.75) is 56.6 Å². The van der Waals surface area contributed by atoms with Gasteiger partial charge in [-0.2, -0.15) is 0 Å². The number of carbonyl (C=O) groups is 3. The summed E-state index contributed by atoms with van der Waals surface area (Å²) in [6.07, 6.45) is -3.36. The van der Waals surface area contributed by atoms with Crippen LogP contribution in [0, 0.1) is 5.92 Å². The second-order valence-electron chi connectivity index (χ2n) is 8.13. The Bertz CT molecular complexity index is 832. The number of anilines is 1. The number of hydrogen-bond acceptors (Lipinski definition) is 8. The van der Waals surface area contributed by atoms with Crippen molar-refractivity contribution in [2.75, 3.05) is 26.1 Å². The fourth-order valence-electron chi connectivity index (χ4n) is 4.36. The van der Waals surface area contributed by atoms with Crippen LogP contribution in [0.1, 0.15) is 26.7 Å². The van der Waals surface area contributed by atoms with Gasteiger partial charge in [0.25, 0.3) is 0 Å². The van der Waals surface area contributed by atoms with E-state index in [1.807, 2.05) is 0 Å². The molecule has 6 atom stereocenters. The second-order valence-corrected chi connectivity index (χ2v) is 8.13. The molecule has 1 aliphatic rings. The number of rotatable bonds is 10. The third-order valence-electron chi connectivity index (χ3n) is 5.77. The third-order valence-corrected chi connectivity index (χ3v) is 5.77. The highest BCUT2D eigenvalue weighted by Gasteiger charge is 2.56. The van der Waals surface area contributed by atoms with Crippen molar-refractivity contribution in [3.05, 3.63) is 24.3 Å². The van der Waals surface area contributed by atoms with Gasteiger partial charge in [0.1, 0.15) is 11.9 Å². The Morgan fingerprint density at radius 1 is 1.12 bits per heavy atom. The highest BCUT2D eigenvalue weighted by molar-refractivity contribution is 5.88. The maximum Gasteiger partial charge on any atom is 0.348 e. The van der Waals surface area contributed by atoms with Gasteiger partial charge in [0.2, 0.25) is 17.4 Å². The number of carbonyl (C=O) groups excluding carboxylic acids is 2. The number of aliphatic hydroxyl groups is 2. The van der Waals surface area contributed by atoms with Crippen LogP contribution in [0.4, 0.5) is 5.69 Å². The normalized spacial score (nSPS) is 26.7. The van der Waals surface area contributed by atoms with Gasteiger partial charge in [-0.3, -0.25) is 9.59 Å². The van der Waals surface area contributed by atoms with E-state index in [1.165, 1.54) is 40.2 Å². The molecule has 33 heavy (non-hydrogen) atoms. The van der Waals surface area contributed by atoms with E-state index < -0.39 is 48.4 Å². The number of aliphatic carboxylic acids is 1. The van der Waals surface area contributed by atoms with Gasteiger partial charge in [-0.05, 0) is 24.3 Å². The minimum absolute atomic E-state index is 0.0978. The molecule has 0 bridgehead atoms. The van der Waals surface area contributed by atoms with Gasteiger partial charge in [0.05, 0.1) is 24.9 Å². The quantitative estimate of drug-likeness (QED) is 0.321. The molecule has 11 nitrogen and oxygen atoms in total. The zero-order chi connectivity index (χ0) is 24.8. The topological polar surface area (TPSA) is 164 Å². The Labute approximate surface area is 192 Å². The van der Waals surface area contributed by atoms with Gasteiger partial charge >= 0.3 is 5.97 Å². The number of benzene rings is 1. The summed E-state index contributed by atoms with van der Waals surface area (Å²) in [4.78, 5) is 35.6. The van der Waals surface area contributed by atoms with Crippen LogP contribution in [-0.4, -0.2) is 83.9 Å². The lowest BCUT2D eigenvalue weighted by molar-refractivity contribution is -0.177. The van der Waals surface area contributed by atoms with E-state index in [9.17, 15) is 29.7 Å². The Morgan fingerprint density at radius 2 is 1.76 bits per heavy atom. The summed E-state index contributed by atoms with van der Waals surface area (Å²) in [5.41, 5.74) is -1.26. The molecule has 2 unspecified atom stereocenters. The van der Waals surface area contributed by atoms with Crippen LogP contribution >= 0.6 is 0 Å². The molecular formula is C22H32N2O9. The molecular weight excluding hydrogens is 436 g/mol. The number of hydrogen-bond donors (Lipinski definition) is 5. The molecule has 1 aliphatic carbocycles. The third kappa shape index (κ3) is 6.41. The molecule has 0 aromatic heterocycles. The van der Waals surface area contributed by atoms with Gasteiger partial charge in [-0.1, -0.05) is 0 Å². The van der Waals surface area contributed by atoms with Crippen LogP contribution in [0.3, 0.4) is 0 Å². The summed E-state index contributed by atoms with van der Waals surface area (Å²) >= 11 is 0. The summed E-state index contributed by atoms with van der Waals surface area (Å²) in [7, 11) is 2.72. The first-order valence-electron chi connectivity index (χ1n) is 10.5. The van der Waals surface area contributed by atoms with E-state index in [-0.39, 0.29) is 30.4 Å². The summed E-state index contributed by atoms with van der Waals surface area (Å²) < 4.78 is 16.9. The molecule has 1 saturated carbocycles. The number of methoxy groups -OCH3 is 2. The smallest absolute Gasteiger partial charge is 0.348 e. The van der Waals surface area contributed by atoms with Crippen LogP contribution in [0.5, 0.6) is 5.75 Å². The van der Waals surface area contributed by atoms with Crippen molar-refractivity contribution in [3.8, 4) is 5.75 Å². The maximum atomic E-state index is 12.5. The highest BCUT2D eigenvalue weighted by atomic mass is 16.5. The predicted octanol–water partition coefficient (Wildman–Crippen LogP) is 0.145. The lowest BCUT2D eigenvalue weighted by Gasteiger charge is -2.48. The average molecular weight is 469 g/mol. The van der Waals surface area contributed by atoms with Crippen molar-refractivity contribution in [1.82, 2.24) is 5.32 Å². The van der Waals surface area contributed by atoms with Crippen LogP contribution in [-0.2, 0) is 23.9 Å². The first-order chi connectivity index (χ1) is 15.6. The SMILES string of the molecule is CO[C@@H]1C[C@](Oc2ccc(NC(C)=O)cc2)(C(=O)O)CC([C@H](OC)[C@H](O)CO)C1NC(C)=O. The van der Waals surface area contributed by atoms with Gasteiger partial charge in [0.15, 0.2) is 0 Å². The summed E-state index contributed by atoms with van der Waals surface area (Å²) in [5.74, 6) is -2.39. The minimum atomic E-state index is -1.78. The first-order valence-corrected chi connectivity index (χ1v) is 10.5. The lowest BCUT2D eigenvalue weighted by atomic mass is 9.70. The van der Waals surface area contributed by atoms with Gasteiger partial charge in [-0.25, -0.2) is 4.79 Å². The molecule has 2 rings (SSSR count). The number of carboxylic acid groups (broad SMARTS) is 1. The van der Waals surface area contributed by atoms with Crippen LogP contribution in [0.25, 0.3) is 0 Å². The molecule has 2 amide bonds. The highest BCUT2D eigenvalue weighted by Crippen LogP contribution is 2.41. The number of nitrogens with one attached hydrogen (secondary N) is 2. The monoisotopic (exact) mass is 468 g/mol. The Balaban J connectivity index is 2.45. The molecule has 1 aromatic carbocycles. The van der Waals surface area contributed by atoms with Gasteiger partial charge in [-0.15, -0.1) is 0 Å². The molecule has 0 spiro atoms.